The van der Waals surface area contributed by atoms with E-state index in [2.05, 4.69) is 12.2 Å². The maximum absolute atomic E-state index is 11.4. The van der Waals surface area contributed by atoms with Crippen LogP contribution in [0.5, 0.6) is 0 Å². The Hall–Kier alpha value is -0.610. The second-order valence-electron chi connectivity index (χ2n) is 7.56. The van der Waals surface area contributed by atoms with Crippen molar-refractivity contribution in [3.8, 4) is 0 Å². The van der Waals surface area contributed by atoms with Crippen LogP contribution < -0.4 is 11.1 Å². The van der Waals surface area contributed by atoms with Crippen LogP contribution in [0, 0.1) is 0 Å². The van der Waals surface area contributed by atoms with Crippen LogP contribution in [0.1, 0.15) is 91.9 Å². The smallest absolute Gasteiger partial charge is 0.306 e. The standard InChI is InChI=1S/C14H28O2.C5H12N2/c1-5-6-7-8-9-10-11-12-13(15)16-14(2,3)4;6-5-2-1-3-7-4-5/h5-12H2,1-4H3;5,7H,1-4,6H2. The molecule has 0 amide bonds. The van der Waals surface area contributed by atoms with E-state index in [4.69, 9.17) is 10.5 Å². The van der Waals surface area contributed by atoms with E-state index in [-0.39, 0.29) is 11.6 Å². The molecule has 1 unspecified atom stereocenters. The number of carbonyl (C=O) groups excluding carboxylic acids is 1. The SMILES string of the molecule is CCCCCCCCCC(=O)OC(C)(C)C.NC1CCCNC1. The molecular formula is C19H40N2O2. The minimum atomic E-state index is -0.335. The van der Waals surface area contributed by atoms with Gasteiger partial charge in [-0.15, -0.1) is 0 Å². The van der Waals surface area contributed by atoms with Crippen LogP contribution in [0.2, 0.25) is 0 Å². The fourth-order valence-corrected chi connectivity index (χ4v) is 2.50. The zero-order valence-corrected chi connectivity index (χ0v) is 16.0. The zero-order valence-electron chi connectivity index (χ0n) is 16.0. The van der Waals surface area contributed by atoms with E-state index >= 15 is 0 Å². The minimum absolute atomic E-state index is 0.0546. The second-order valence-corrected chi connectivity index (χ2v) is 7.56. The van der Waals surface area contributed by atoms with E-state index in [1.54, 1.807) is 0 Å². The zero-order chi connectivity index (χ0) is 17.6. The average molecular weight is 329 g/mol. The Balaban J connectivity index is 0.000000568. The number of esters is 1. The Kier molecular flexibility index (Phi) is 13.4. The molecule has 0 aliphatic carbocycles. The number of unbranched alkanes of at least 4 members (excludes halogenated alkanes) is 6. The molecular weight excluding hydrogens is 288 g/mol. The molecule has 1 saturated heterocycles. The summed E-state index contributed by atoms with van der Waals surface area (Å²) in [5.41, 5.74) is 5.24. The quantitative estimate of drug-likeness (QED) is 0.518. The first-order chi connectivity index (χ1) is 10.8. The maximum atomic E-state index is 11.4. The van der Waals surface area contributed by atoms with Gasteiger partial charge in [0.25, 0.3) is 0 Å². The number of nitrogens with two attached hydrogens (primary N) is 1. The van der Waals surface area contributed by atoms with E-state index in [0.29, 0.717) is 12.5 Å². The lowest BCUT2D eigenvalue weighted by Crippen LogP contribution is -2.39. The van der Waals surface area contributed by atoms with E-state index in [1.165, 1.54) is 44.9 Å². The van der Waals surface area contributed by atoms with Crippen molar-refractivity contribution in [1.82, 2.24) is 5.32 Å². The van der Waals surface area contributed by atoms with Gasteiger partial charge in [0.05, 0.1) is 0 Å². The van der Waals surface area contributed by atoms with E-state index < -0.39 is 0 Å². The van der Waals surface area contributed by atoms with Crippen molar-refractivity contribution in [2.75, 3.05) is 13.1 Å². The molecule has 3 N–H and O–H groups in total. The molecule has 0 saturated carbocycles. The maximum Gasteiger partial charge on any atom is 0.306 e. The molecule has 138 valence electrons. The third-order valence-electron chi connectivity index (χ3n) is 3.74. The summed E-state index contributed by atoms with van der Waals surface area (Å²) in [5.74, 6) is -0.0546. The van der Waals surface area contributed by atoms with Crippen molar-refractivity contribution in [3.05, 3.63) is 0 Å². The predicted octanol–water partition coefficient (Wildman–Crippen LogP) is 4.17. The molecule has 4 nitrogen and oxygen atoms in total. The van der Waals surface area contributed by atoms with Crippen molar-refractivity contribution in [3.63, 3.8) is 0 Å². The normalized spacial score (nSPS) is 18.0. The monoisotopic (exact) mass is 328 g/mol. The highest BCUT2D eigenvalue weighted by Crippen LogP contribution is 2.12. The molecule has 0 aromatic carbocycles. The number of hydrogen-bond acceptors (Lipinski definition) is 4. The summed E-state index contributed by atoms with van der Waals surface area (Å²) in [6, 6.07) is 0.425. The lowest BCUT2D eigenvalue weighted by molar-refractivity contribution is -0.154. The first kappa shape index (κ1) is 22.4. The van der Waals surface area contributed by atoms with Crippen LogP contribution in [0.25, 0.3) is 0 Å². The highest BCUT2D eigenvalue weighted by atomic mass is 16.6. The highest BCUT2D eigenvalue weighted by Gasteiger charge is 2.15. The Morgan fingerprint density at radius 3 is 2.17 bits per heavy atom. The molecule has 0 radical (unpaired) electrons. The van der Waals surface area contributed by atoms with Crippen LogP contribution in [-0.4, -0.2) is 30.7 Å². The van der Waals surface area contributed by atoms with Crippen LogP contribution in [0.4, 0.5) is 0 Å². The van der Waals surface area contributed by atoms with Gasteiger partial charge in [-0.2, -0.15) is 0 Å². The van der Waals surface area contributed by atoms with Crippen molar-refractivity contribution >= 4 is 5.97 Å². The fraction of sp³-hybridized carbons (Fsp3) is 0.947. The molecule has 1 heterocycles. The molecule has 4 heteroatoms. The van der Waals surface area contributed by atoms with Crippen molar-refractivity contribution in [1.29, 1.82) is 0 Å². The Bertz CT molecular complexity index is 282. The third kappa shape index (κ3) is 17.6. The summed E-state index contributed by atoms with van der Waals surface area (Å²) in [4.78, 5) is 11.4. The largest absolute Gasteiger partial charge is 0.460 e. The molecule has 0 bridgehead atoms. The molecule has 1 aliphatic heterocycles. The summed E-state index contributed by atoms with van der Waals surface area (Å²) in [5, 5.41) is 3.21. The van der Waals surface area contributed by atoms with Gasteiger partial charge in [-0.3, -0.25) is 4.79 Å². The van der Waals surface area contributed by atoms with Gasteiger partial charge in [0.15, 0.2) is 0 Å². The van der Waals surface area contributed by atoms with Gasteiger partial charge >= 0.3 is 5.97 Å². The third-order valence-corrected chi connectivity index (χ3v) is 3.74. The minimum Gasteiger partial charge on any atom is -0.460 e. The molecule has 1 atom stereocenters. The number of piperidine rings is 1. The molecule has 23 heavy (non-hydrogen) atoms. The van der Waals surface area contributed by atoms with Crippen LogP contribution in [-0.2, 0) is 9.53 Å². The Morgan fingerprint density at radius 2 is 1.74 bits per heavy atom. The summed E-state index contributed by atoms with van der Waals surface area (Å²) in [6.07, 6.45) is 11.7. The summed E-state index contributed by atoms with van der Waals surface area (Å²) >= 11 is 0. The van der Waals surface area contributed by atoms with Gasteiger partial charge < -0.3 is 15.8 Å². The highest BCUT2D eigenvalue weighted by molar-refractivity contribution is 5.69. The number of nitrogens with one attached hydrogen (secondary N) is 1. The Morgan fingerprint density at radius 1 is 1.13 bits per heavy atom. The van der Waals surface area contributed by atoms with Crippen molar-refractivity contribution in [2.24, 2.45) is 5.73 Å². The number of hydrogen-bond donors (Lipinski definition) is 2. The first-order valence-electron chi connectivity index (χ1n) is 9.53. The Labute approximate surface area is 143 Å². The number of ether oxygens (including phenoxy) is 1. The van der Waals surface area contributed by atoms with Gasteiger partial charge in [-0.05, 0) is 46.6 Å². The van der Waals surface area contributed by atoms with Crippen LogP contribution in [0.3, 0.4) is 0 Å². The lowest BCUT2D eigenvalue weighted by Gasteiger charge is -2.19. The summed E-state index contributed by atoms with van der Waals surface area (Å²) in [6.45, 7) is 10.1. The molecule has 0 aromatic rings. The number of rotatable bonds is 8. The summed E-state index contributed by atoms with van der Waals surface area (Å²) < 4.78 is 5.24. The fourth-order valence-electron chi connectivity index (χ4n) is 2.50. The molecule has 1 fully saturated rings. The van der Waals surface area contributed by atoms with Crippen LogP contribution >= 0.6 is 0 Å². The first-order valence-corrected chi connectivity index (χ1v) is 9.53. The molecule has 1 aliphatic rings. The van der Waals surface area contributed by atoms with Crippen molar-refractivity contribution in [2.45, 2.75) is 104 Å². The van der Waals surface area contributed by atoms with Gasteiger partial charge in [-0.25, -0.2) is 0 Å². The summed E-state index contributed by atoms with van der Waals surface area (Å²) in [7, 11) is 0. The van der Waals surface area contributed by atoms with Crippen LogP contribution in [0.15, 0.2) is 0 Å². The van der Waals surface area contributed by atoms with E-state index in [0.717, 1.165) is 25.9 Å². The topological polar surface area (TPSA) is 64.3 Å². The van der Waals surface area contributed by atoms with Crippen molar-refractivity contribution < 1.29 is 9.53 Å². The van der Waals surface area contributed by atoms with Gasteiger partial charge in [0, 0.05) is 19.0 Å². The molecule has 0 spiro atoms. The number of carbonyl (C=O) groups is 1. The lowest BCUT2D eigenvalue weighted by atomic mass is 10.1. The average Bonchev–Trinajstić information content (AvgIpc) is 2.46. The molecule has 0 aromatic heterocycles. The van der Waals surface area contributed by atoms with Gasteiger partial charge in [0.1, 0.15) is 5.60 Å². The van der Waals surface area contributed by atoms with E-state index in [9.17, 15) is 4.79 Å². The van der Waals surface area contributed by atoms with E-state index in [1.807, 2.05) is 20.8 Å². The predicted molar refractivity (Wildman–Crippen MR) is 98.5 cm³/mol. The van der Waals surface area contributed by atoms with Gasteiger partial charge in [-0.1, -0.05) is 45.4 Å². The van der Waals surface area contributed by atoms with Gasteiger partial charge in [0.2, 0.25) is 0 Å². The second kappa shape index (κ2) is 13.8. The molecule has 1 rings (SSSR count).